The Morgan fingerprint density at radius 2 is 2.17 bits per heavy atom. The maximum absolute atomic E-state index is 11.4. The lowest BCUT2D eigenvalue weighted by Gasteiger charge is -2.25. The molecule has 1 aliphatic heterocycles. The van der Waals surface area contributed by atoms with Crippen LogP contribution in [0.3, 0.4) is 0 Å². The van der Waals surface area contributed by atoms with Crippen LogP contribution in [0.15, 0.2) is 36.5 Å². The molecule has 0 amide bonds. The molecular formula is C17H17ClN2O4. The lowest BCUT2D eigenvalue weighted by molar-refractivity contribution is 0.0595. The van der Waals surface area contributed by atoms with Crippen LogP contribution in [-0.4, -0.2) is 41.4 Å². The molecule has 0 aliphatic carbocycles. The first-order valence-electron chi connectivity index (χ1n) is 7.44. The number of nitrogens with zero attached hydrogens (tertiary/aromatic N) is 2. The third-order valence-corrected chi connectivity index (χ3v) is 4.51. The number of halogens is 1. The van der Waals surface area contributed by atoms with Crippen molar-refractivity contribution >= 4 is 23.4 Å². The number of aliphatic hydroxyl groups is 1. The highest BCUT2D eigenvalue weighted by atomic mass is 35.5. The Bertz CT molecular complexity index is 766. The lowest BCUT2D eigenvalue weighted by Crippen LogP contribution is -2.31. The molecule has 1 aromatic heterocycles. The van der Waals surface area contributed by atoms with E-state index in [0.717, 1.165) is 0 Å². The monoisotopic (exact) mass is 348 g/mol. The molecule has 126 valence electrons. The fourth-order valence-electron chi connectivity index (χ4n) is 2.90. The molecule has 6 nitrogen and oxygen atoms in total. The summed E-state index contributed by atoms with van der Waals surface area (Å²) >= 11 is 6.16. The average molecular weight is 349 g/mol. The van der Waals surface area contributed by atoms with Gasteiger partial charge in [0.1, 0.15) is 17.2 Å². The van der Waals surface area contributed by atoms with Gasteiger partial charge in [0.15, 0.2) is 0 Å². The number of hydrogen-bond donors (Lipinski definition) is 2. The summed E-state index contributed by atoms with van der Waals surface area (Å²) in [6, 6.07) is 7.91. The standard InChI is InChI=1S/C17H17ClN2O4/c1-24-16(22)11-2-5-15(19-9-11)20-7-6-17(23,10-20)13-4-3-12(21)8-14(13)18/h2-5,8-9,21,23H,6-7,10H2,1H3. The predicted molar refractivity (Wildman–Crippen MR) is 89.4 cm³/mol. The van der Waals surface area contributed by atoms with E-state index in [0.29, 0.717) is 41.5 Å². The maximum Gasteiger partial charge on any atom is 0.339 e. The molecule has 7 heteroatoms. The van der Waals surface area contributed by atoms with Crippen molar-refractivity contribution in [3.63, 3.8) is 0 Å². The zero-order valence-corrected chi connectivity index (χ0v) is 13.8. The highest BCUT2D eigenvalue weighted by Crippen LogP contribution is 2.38. The SMILES string of the molecule is COC(=O)c1ccc(N2CCC(O)(c3ccc(O)cc3Cl)C2)nc1. The van der Waals surface area contributed by atoms with Crippen LogP contribution in [0.1, 0.15) is 22.3 Å². The van der Waals surface area contributed by atoms with Gasteiger partial charge in [-0.1, -0.05) is 17.7 Å². The van der Waals surface area contributed by atoms with Crippen LogP contribution in [0.5, 0.6) is 5.75 Å². The summed E-state index contributed by atoms with van der Waals surface area (Å²) in [5.41, 5.74) is -0.166. The van der Waals surface area contributed by atoms with E-state index in [1.165, 1.54) is 25.4 Å². The summed E-state index contributed by atoms with van der Waals surface area (Å²) in [6.45, 7) is 0.917. The van der Waals surface area contributed by atoms with Crippen molar-refractivity contribution in [1.82, 2.24) is 4.98 Å². The first kappa shape index (κ1) is 16.5. The molecule has 0 radical (unpaired) electrons. The minimum Gasteiger partial charge on any atom is -0.508 e. The van der Waals surface area contributed by atoms with Crippen molar-refractivity contribution < 1.29 is 19.7 Å². The summed E-state index contributed by atoms with van der Waals surface area (Å²) in [5, 5.41) is 20.7. The first-order valence-corrected chi connectivity index (χ1v) is 7.81. The predicted octanol–water partition coefficient (Wildman–Crippen LogP) is 2.33. The van der Waals surface area contributed by atoms with Gasteiger partial charge in [-0.25, -0.2) is 9.78 Å². The van der Waals surface area contributed by atoms with Crippen molar-refractivity contribution in [2.75, 3.05) is 25.1 Å². The van der Waals surface area contributed by atoms with Gasteiger partial charge in [0, 0.05) is 18.3 Å². The number of benzene rings is 1. The Morgan fingerprint density at radius 3 is 2.79 bits per heavy atom. The molecule has 0 spiro atoms. The van der Waals surface area contributed by atoms with E-state index in [2.05, 4.69) is 9.72 Å². The van der Waals surface area contributed by atoms with Crippen molar-refractivity contribution in [3.05, 3.63) is 52.7 Å². The molecule has 1 aromatic carbocycles. The number of methoxy groups -OCH3 is 1. The second-order valence-corrected chi connectivity index (χ2v) is 6.17. The van der Waals surface area contributed by atoms with Gasteiger partial charge >= 0.3 is 5.97 Å². The molecule has 0 saturated carbocycles. The minimum atomic E-state index is -1.12. The van der Waals surface area contributed by atoms with Gasteiger partial charge < -0.3 is 19.8 Å². The largest absolute Gasteiger partial charge is 0.508 e. The van der Waals surface area contributed by atoms with Crippen LogP contribution in [0.2, 0.25) is 5.02 Å². The van der Waals surface area contributed by atoms with Crippen LogP contribution in [0.25, 0.3) is 0 Å². The van der Waals surface area contributed by atoms with Gasteiger partial charge in [0.05, 0.1) is 24.2 Å². The summed E-state index contributed by atoms with van der Waals surface area (Å²) in [7, 11) is 1.32. The number of β-amino-alcohol motifs (C(OH)–C–C–N with tert-alkyl or cyclic N) is 1. The van der Waals surface area contributed by atoms with Crippen molar-refractivity contribution in [2.24, 2.45) is 0 Å². The molecule has 1 aliphatic rings. The van der Waals surface area contributed by atoms with E-state index in [-0.39, 0.29) is 5.75 Å². The van der Waals surface area contributed by atoms with Crippen molar-refractivity contribution in [3.8, 4) is 5.75 Å². The number of phenolic OH excluding ortho intramolecular Hbond substituents is 1. The molecule has 2 N–H and O–H groups in total. The molecule has 1 unspecified atom stereocenters. The Balaban J connectivity index is 1.80. The molecule has 1 fully saturated rings. The zero-order chi connectivity index (χ0) is 17.3. The molecular weight excluding hydrogens is 332 g/mol. The quantitative estimate of drug-likeness (QED) is 0.828. The first-order chi connectivity index (χ1) is 11.4. The number of aromatic nitrogens is 1. The number of esters is 1. The number of carbonyl (C=O) groups is 1. The topological polar surface area (TPSA) is 82.9 Å². The number of aromatic hydroxyl groups is 1. The van der Waals surface area contributed by atoms with Gasteiger partial charge in [-0.15, -0.1) is 0 Å². The van der Waals surface area contributed by atoms with E-state index in [1.54, 1.807) is 18.2 Å². The molecule has 1 saturated heterocycles. The second-order valence-electron chi connectivity index (χ2n) is 5.76. The van der Waals surface area contributed by atoms with E-state index in [4.69, 9.17) is 11.6 Å². The van der Waals surface area contributed by atoms with Crippen LogP contribution in [0.4, 0.5) is 5.82 Å². The molecule has 2 aromatic rings. The maximum atomic E-state index is 11.4. The number of anilines is 1. The summed E-state index contributed by atoms with van der Waals surface area (Å²) < 4.78 is 4.65. The highest BCUT2D eigenvalue weighted by Gasteiger charge is 2.39. The van der Waals surface area contributed by atoms with Crippen molar-refractivity contribution in [2.45, 2.75) is 12.0 Å². The van der Waals surface area contributed by atoms with Crippen LogP contribution in [-0.2, 0) is 10.3 Å². The third kappa shape index (κ3) is 3.02. The number of phenols is 1. The Morgan fingerprint density at radius 1 is 1.38 bits per heavy atom. The van der Waals surface area contributed by atoms with Crippen LogP contribution in [0, 0.1) is 0 Å². The molecule has 24 heavy (non-hydrogen) atoms. The number of ether oxygens (including phenoxy) is 1. The van der Waals surface area contributed by atoms with Crippen molar-refractivity contribution in [1.29, 1.82) is 0 Å². The zero-order valence-electron chi connectivity index (χ0n) is 13.1. The van der Waals surface area contributed by atoms with Gasteiger partial charge in [0.25, 0.3) is 0 Å². The number of pyridine rings is 1. The summed E-state index contributed by atoms with van der Waals surface area (Å²) in [5.74, 6) is 0.276. The molecule has 2 heterocycles. The summed E-state index contributed by atoms with van der Waals surface area (Å²) in [4.78, 5) is 17.6. The van der Waals surface area contributed by atoms with E-state index >= 15 is 0 Å². The summed E-state index contributed by atoms with van der Waals surface area (Å²) in [6.07, 6.45) is 1.93. The Hall–Kier alpha value is -2.31. The van der Waals surface area contributed by atoms with Crippen LogP contribution < -0.4 is 4.90 Å². The van der Waals surface area contributed by atoms with E-state index < -0.39 is 11.6 Å². The smallest absolute Gasteiger partial charge is 0.339 e. The average Bonchev–Trinajstić information content (AvgIpc) is 2.97. The van der Waals surface area contributed by atoms with Gasteiger partial charge in [0.2, 0.25) is 0 Å². The minimum absolute atomic E-state index is 0.0577. The van der Waals surface area contributed by atoms with Gasteiger partial charge in [-0.2, -0.15) is 0 Å². The second kappa shape index (κ2) is 6.30. The Kier molecular flexibility index (Phi) is 4.34. The van der Waals surface area contributed by atoms with E-state index in [9.17, 15) is 15.0 Å². The Labute approximate surface area is 144 Å². The normalized spacial score (nSPS) is 20.2. The fourth-order valence-corrected chi connectivity index (χ4v) is 3.25. The van der Waals surface area contributed by atoms with Gasteiger partial charge in [-0.3, -0.25) is 0 Å². The molecule has 1 atom stereocenters. The number of hydrogen-bond acceptors (Lipinski definition) is 6. The van der Waals surface area contributed by atoms with Crippen LogP contribution >= 0.6 is 11.6 Å². The highest BCUT2D eigenvalue weighted by molar-refractivity contribution is 6.31. The fraction of sp³-hybridized carbons (Fsp3) is 0.294. The van der Waals surface area contributed by atoms with E-state index in [1.807, 2.05) is 4.90 Å². The molecule has 3 rings (SSSR count). The third-order valence-electron chi connectivity index (χ3n) is 4.19. The number of rotatable bonds is 3. The molecule has 0 bridgehead atoms. The lowest BCUT2D eigenvalue weighted by atomic mass is 9.93. The van der Waals surface area contributed by atoms with Gasteiger partial charge in [-0.05, 0) is 30.7 Å². The number of carbonyl (C=O) groups excluding carboxylic acids is 1.